The van der Waals surface area contributed by atoms with Crippen molar-refractivity contribution in [2.24, 2.45) is 5.92 Å². The van der Waals surface area contributed by atoms with Crippen molar-refractivity contribution in [3.63, 3.8) is 0 Å². The molecule has 0 radical (unpaired) electrons. The molecule has 0 spiro atoms. The number of nitrogens with zero attached hydrogens (tertiary/aromatic N) is 6. The fraction of sp³-hybridized carbons (Fsp3) is 0.700. The van der Waals surface area contributed by atoms with E-state index < -0.39 is 0 Å². The highest BCUT2D eigenvalue weighted by Gasteiger charge is 2.23. The first kappa shape index (κ1) is 17.4. The van der Waals surface area contributed by atoms with Crippen molar-refractivity contribution in [1.29, 1.82) is 0 Å². The minimum Gasteiger partial charge on any atom is -0.381 e. The number of aromatic nitrogens is 4. The summed E-state index contributed by atoms with van der Waals surface area (Å²) in [4.78, 5) is 9.42. The van der Waals surface area contributed by atoms with Crippen molar-refractivity contribution in [1.82, 2.24) is 29.1 Å². The first-order valence-corrected chi connectivity index (χ1v) is 10.4. The molecule has 7 heteroatoms. The topological polar surface area (TPSA) is 51.4 Å². The second-order valence-electron chi connectivity index (χ2n) is 8.31. The molecular formula is C20H30N6O. The Hall–Kier alpha value is -1.70. The van der Waals surface area contributed by atoms with Crippen LogP contribution in [0.4, 0.5) is 0 Å². The fourth-order valence-electron chi connectivity index (χ4n) is 4.73. The number of imidazole rings is 1. The third-order valence-electron chi connectivity index (χ3n) is 6.13. The van der Waals surface area contributed by atoms with Crippen LogP contribution in [-0.2, 0) is 37.5 Å². The molecule has 3 aliphatic rings. The SMILES string of the molecule is c1ncn2c1CN(Cc1cc3n(n1)CCCN(C[C@@H]1CCOC1)C3)CCC2. The highest BCUT2D eigenvalue weighted by atomic mass is 16.5. The Bertz CT molecular complexity index is 762. The van der Waals surface area contributed by atoms with Crippen molar-refractivity contribution < 1.29 is 4.74 Å². The molecule has 5 heterocycles. The van der Waals surface area contributed by atoms with Gasteiger partial charge >= 0.3 is 0 Å². The van der Waals surface area contributed by atoms with Crippen molar-refractivity contribution in [3.05, 3.63) is 35.7 Å². The Kier molecular flexibility index (Phi) is 4.98. The Morgan fingerprint density at radius 1 is 1.04 bits per heavy atom. The standard InChI is InChI=1S/C20H30N6O/c1-4-24(14-20-10-21-16-25(20)6-1)12-18-9-19-13-23(5-2-7-26(19)22-18)11-17-3-8-27-15-17/h9-10,16-17H,1-8,11-15H2/t17-/m0/s1. The van der Waals surface area contributed by atoms with Gasteiger partial charge in [0, 0.05) is 65.2 Å². The Labute approximate surface area is 160 Å². The molecule has 1 fully saturated rings. The molecule has 0 saturated carbocycles. The monoisotopic (exact) mass is 370 g/mol. The highest BCUT2D eigenvalue weighted by molar-refractivity contribution is 5.12. The molecular weight excluding hydrogens is 340 g/mol. The maximum atomic E-state index is 5.56. The lowest BCUT2D eigenvalue weighted by atomic mass is 10.1. The number of rotatable bonds is 4. The van der Waals surface area contributed by atoms with E-state index in [9.17, 15) is 0 Å². The molecule has 7 nitrogen and oxygen atoms in total. The molecule has 2 aromatic rings. The minimum absolute atomic E-state index is 0.709. The lowest BCUT2D eigenvalue weighted by molar-refractivity contribution is 0.165. The van der Waals surface area contributed by atoms with Crippen LogP contribution in [0.25, 0.3) is 0 Å². The van der Waals surface area contributed by atoms with E-state index in [-0.39, 0.29) is 0 Å². The zero-order chi connectivity index (χ0) is 18.1. The van der Waals surface area contributed by atoms with Gasteiger partial charge in [0.25, 0.3) is 0 Å². The molecule has 0 bridgehead atoms. The Morgan fingerprint density at radius 2 is 1.93 bits per heavy atom. The van der Waals surface area contributed by atoms with E-state index in [1.54, 1.807) is 0 Å². The highest BCUT2D eigenvalue weighted by Crippen LogP contribution is 2.20. The second kappa shape index (κ2) is 7.73. The average molecular weight is 371 g/mol. The van der Waals surface area contributed by atoms with Gasteiger partial charge < -0.3 is 9.30 Å². The van der Waals surface area contributed by atoms with Crippen molar-refractivity contribution in [2.75, 3.05) is 32.8 Å². The quantitative estimate of drug-likeness (QED) is 0.820. The predicted molar refractivity (Wildman–Crippen MR) is 102 cm³/mol. The molecule has 1 saturated heterocycles. The zero-order valence-electron chi connectivity index (χ0n) is 16.1. The van der Waals surface area contributed by atoms with E-state index in [0.29, 0.717) is 5.92 Å². The van der Waals surface area contributed by atoms with Gasteiger partial charge in [-0.1, -0.05) is 0 Å². The van der Waals surface area contributed by atoms with Crippen LogP contribution < -0.4 is 0 Å². The van der Waals surface area contributed by atoms with Gasteiger partial charge in [-0.15, -0.1) is 0 Å². The smallest absolute Gasteiger partial charge is 0.0948 e. The third kappa shape index (κ3) is 3.95. The van der Waals surface area contributed by atoms with Crippen LogP contribution in [0, 0.1) is 5.92 Å². The normalized spacial score (nSPS) is 24.4. The molecule has 2 aromatic heterocycles. The van der Waals surface area contributed by atoms with Gasteiger partial charge in [-0.3, -0.25) is 14.5 Å². The van der Waals surface area contributed by atoms with Crippen LogP contribution in [-0.4, -0.2) is 62.0 Å². The molecule has 0 amide bonds. The molecule has 0 aromatic carbocycles. The number of fused-ring (bicyclic) bond motifs is 2. The molecule has 3 aliphatic heterocycles. The Morgan fingerprint density at radius 3 is 2.85 bits per heavy atom. The lowest BCUT2D eigenvalue weighted by Crippen LogP contribution is -2.29. The summed E-state index contributed by atoms with van der Waals surface area (Å²) < 4.78 is 10.1. The summed E-state index contributed by atoms with van der Waals surface area (Å²) in [7, 11) is 0. The number of aryl methyl sites for hydroxylation is 2. The summed E-state index contributed by atoms with van der Waals surface area (Å²) in [5.41, 5.74) is 3.91. The third-order valence-corrected chi connectivity index (χ3v) is 6.13. The van der Waals surface area contributed by atoms with Gasteiger partial charge in [-0.2, -0.15) is 5.10 Å². The Balaban J connectivity index is 1.25. The molecule has 0 N–H and O–H groups in total. The van der Waals surface area contributed by atoms with Crippen molar-refractivity contribution >= 4 is 0 Å². The van der Waals surface area contributed by atoms with Crippen molar-refractivity contribution in [3.8, 4) is 0 Å². The number of ether oxygens (including phenoxy) is 1. The van der Waals surface area contributed by atoms with E-state index in [2.05, 4.69) is 30.1 Å². The zero-order valence-corrected chi connectivity index (χ0v) is 16.1. The van der Waals surface area contributed by atoms with E-state index in [1.165, 1.54) is 42.9 Å². The molecule has 0 aliphatic carbocycles. The van der Waals surface area contributed by atoms with E-state index in [4.69, 9.17) is 9.84 Å². The van der Waals surface area contributed by atoms with E-state index in [0.717, 1.165) is 59.0 Å². The summed E-state index contributed by atoms with van der Waals surface area (Å²) in [6.45, 7) is 10.4. The summed E-state index contributed by atoms with van der Waals surface area (Å²) in [6.07, 6.45) is 7.54. The second-order valence-corrected chi connectivity index (χ2v) is 8.31. The molecule has 146 valence electrons. The lowest BCUT2D eigenvalue weighted by Gasteiger charge is -2.22. The summed E-state index contributed by atoms with van der Waals surface area (Å²) in [5, 5.41) is 4.95. The molecule has 1 atom stereocenters. The van der Waals surface area contributed by atoms with Gasteiger partial charge in [0.2, 0.25) is 0 Å². The summed E-state index contributed by atoms with van der Waals surface area (Å²) in [5.74, 6) is 0.709. The van der Waals surface area contributed by atoms with Crippen LogP contribution in [0.5, 0.6) is 0 Å². The van der Waals surface area contributed by atoms with Crippen LogP contribution in [0.2, 0.25) is 0 Å². The maximum absolute atomic E-state index is 5.56. The van der Waals surface area contributed by atoms with Crippen molar-refractivity contribution in [2.45, 2.75) is 52.0 Å². The van der Waals surface area contributed by atoms with Crippen LogP contribution >= 0.6 is 0 Å². The summed E-state index contributed by atoms with van der Waals surface area (Å²) >= 11 is 0. The molecule has 0 unspecified atom stereocenters. The van der Waals surface area contributed by atoms with Crippen LogP contribution in [0.1, 0.15) is 36.3 Å². The van der Waals surface area contributed by atoms with Gasteiger partial charge in [0.05, 0.1) is 30.0 Å². The first-order valence-electron chi connectivity index (χ1n) is 10.4. The van der Waals surface area contributed by atoms with Crippen LogP contribution in [0.15, 0.2) is 18.6 Å². The fourth-order valence-corrected chi connectivity index (χ4v) is 4.73. The number of hydrogen-bond acceptors (Lipinski definition) is 5. The molecule has 5 rings (SSSR count). The van der Waals surface area contributed by atoms with Gasteiger partial charge in [-0.25, -0.2) is 4.98 Å². The minimum atomic E-state index is 0.709. The molecule has 27 heavy (non-hydrogen) atoms. The van der Waals surface area contributed by atoms with Gasteiger partial charge in [-0.05, 0) is 31.2 Å². The first-order chi connectivity index (χ1) is 13.3. The van der Waals surface area contributed by atoms with Gasteiger partial charge in [0.15, 0.2) is 0 Å². The largest absolute Gasteiger partial charge is 0.381 e. The van der Waals surface area contributed by atoms with Gasteiger partial charge in [0.1, 0.15) is 0 Å². The van der Waals surface area contributed by atoms with E-state index in [1.807, 2.05) is 12.5 Å². The van der Waals surface area contributed by atoms with Crippen LogP contribution in [0.3, 0.4) is 0 Å². The maximum Gasteiger partial charge on any atom is 0.0948 e. The predicted octanol–water partition coefficient (Wildman–Crippen LogP) is 1.73. The van der Waals surface area contributed by atoms with E-state index >= 15 is 0 Å². The average Bonchev–Trinajstić information content (AvgIpc) is 3.34. The number of hydrogen-bond donors (Lipinski definition) is 0. The summed E-state index contributed by atoms with van der Waals surface area (Å²) in [6, 6.07) is 2.34.